The van der Waals surface area contributed by atoms with Crippen molar-refractivity contribution < 1.29 is 4.74 Å². The first-order valence-corrected chi connectivity index (χ1v) is 7.48. The van der Waals surface area contributed by atoms with Gasteiger partial charge in [-0.15, -0.1) is 0 Å². The van der Waals surface area contributed by atoms with E-state index in [1.165, 1.54) is 5.56 Å². The summed E-state index contributed by atoms with van der Waals surface area (Å²) in [6.45, 7) is 9.50. The Bertz CT molecular complexity index is 366. The largest absolute Gasteiger partial charge is 0.489 e. The fourth-order valence-electron chi connectivity index (χ4n) is 1.77. The monoisotopic (exact) mass is 313 g/mol. The molecule has 18 heavy (non-hydrogen) atoms. The quantitative estimate of drug-likeness (QED) is 0.810. The summed E-state index contributed by atoms with van der Waals surface area (Å²) in [5.41, 5.74) is 1.18. The third kappa shape index (κ3) is 5.40. The molecule has 0 saturated heterocycles. The third-order valence-corrected chi connectivity index (χ3v) is 3.30. The van der Waals surface area contributed by atoms with Crippen molar-refractivity contribution in [1.29, 1.82) is 0 Å². The molecule has 0 spiro atoms. The highest BCUT2D eigenvalue weighted by molar-refractivity contribution is 9.10. The third-order valence-electron chi connectivity index (χ3n) is 2.81. The zero-order valence-electron chi connectivity index (χ0n) is 11.8. The van der Waals surface area contributed by atoms with Crippen LogP contribution in [-0.4, -0.2) is 18.7 Å². The lowest BCUT2D eigenvalue weighted by atomic mass is 10.2. The van der Waals surface area contributed by atoms with Crippen LogP contribution in [0.1, 0.15) is 39.2 Å². The lowest BCUT2D eigenvalue weighted by molar-refractivity contribution is 0.182. The normalized spacial score (nSPS) is 12.8. The molecule has 1 atom stereocenters. The lowest BCUT2D eigenvalue weighted by Crippen LogP contribution is -2.35. The summed E-state index contributed by atoms with van der Waals surface area (Å²) in [4.78, 5) is 0. The average Bonchev–Trinajstić information content (AvgIpc) is 2.31. The van der Waals surface area contributed by atoms with E-state index in [1.807, 2.05) is 12.1 Å². The number of halogens is 1. The zero-order valence-corrected chi connectivity index (χ0v) is 13.4. The van der Waals surface area contributed by atoms with Crippen LogP contribution >= 0.6 is 15.9 Å². The Morgan fingerprint density at radius 1 is 1.33 bits per heavy atom. The van der Waals surface area contributed by atoms with E-state index >= 15 is 0 Å². The van der Waals surface area contributed by atoms with Crippen LogP contribution in [0.3, 0.4) is 0 Å². The summed E-state index contributed by atoms with van der Waals surface area (Å²) in [7, 11) is 0. The first kappa shape index (κ1) is 15.5. The first-order chi connectivity index (χ1) is 8.52. The van der Waals surface area contributed by atoms with Crippen molar-refractivity contribution in [3.63, 3.8) is 0 Å². The maximum absolute atomic E-state index is 6.12. The number of rotatable bonds is 7. The van der Waals surface area contributed by atoms with Crippen LogP contribution in [0, 0.1) is 6.92 Å². The highest BCUT2D eigenvalue weighted by Gasteiger charge is 2.11. The number of aryl methyl sites for hydroxylation is 1. The Labute approximate surface area is 119 Å². The van der Waals surface area contributed by atoms with Crippen molar-refractivity contribution in [2.75, 3.05) is 6.54 Å². The highest BCUT2D eigenvalue weighted by Crippen LogP contribution is 2.24. The average molecular weight is 314 g/mol. The molecule has 1 unspecified atom stereocenters. The molecule has 0 bridgehead atoms. The Morgan fingerprint density at radius 2 is 2.06 bits per heavy atom. The van der Waals surface area contributed by atoms with Gasteiger partial charge in [0.25, 0.3) is 0 Å². The molecule has 0 aliphatic carbocycles. The first-order valence-electron chi connectivity index (χ1n) is 6.69. The van der Waals surface area contributed by atoms with Crippen LogP contribution in [0.4, 0.5) is 0 Å². The molecule has 2 nitrogen and oxygen atoms in total. The van der Waals surface area contributed by atoms with Gasteiger partial charge in [0.05, 0.1) is 0 Å². The molecule has 0 aliphatic rings. The smallest absolute Gasteiger partial charge is 0.123 e. The summed E-state index contributed by atoms with van der Waals surface area (Å²) in [5, 5.41) is 3.45. The number of benzene rings is 1. The zero-order chi connectivity index (χ0) is 13.5. The number of ether oxygens (including phenoxy) is 1. The van der Waals surface area contributed by atoms with E-state index in [0.29, 0.717) is 6.04 Å². The van der Waals surface area contributed by atoms with Crippen molar-refractivity contribution in [2.24, 2.45) is 0 Å². The molecule has 0 aliphatic heterocycles. The Hall–Kier alpha value is -0.540. The molecular weight excluding hydrogens is 290 g/mol. The predicted octanol–water partition coefficient (Wildman–Crippen LogP) is 4.30. The molecule has 0 heterocycles. The van der Waals surface area contributed by atoms with Gasteiger partial charge < -0.3 is 10.1 Å². The molecule has 0 radical (unpaired) electrons. The van der Waals surface area contributed by atoms with Gasteiger partial charge in [-0.3, -0.25) is 0 Å². The van der Waals surface area contributed by atoms with Crippen molar-refractivity contribution in [3.8, 4) is 5.75 Å². The van der Waals surface area contributed by atoms with Crippen molar-refractivity contribution >= 4 is 15.9 Å². The van der Waals surface area contributed by atoms with Crippen LogP contribution < -0.4 is 10.1 Å². The van der Waals surface area contributed by atoms with Gasteiger partial charge in [0, 0.05) is 17.1 Å². The molecule has 0 fully saturated rings. The van der Waals surface area contributed by atoms with Crippen molar-refractivity contribution in [3.05, 3.63) is 28.2 Å². The van der Waals surface area contributed by atoms with E-state index in [2.05, 4.69) is 55.0 Å². The van der Waals surface area contributed by atoms with E-state index in [1.54, 1.807) is 0 Å². The predicted molar refractivity (Wildman–Crippen MR) is 81.3 cm³/mol. The molecule has 1 N–H and O–H groups in total. The van der Waals surface area contributed by atoms with Crippen LogP contribution in [0.25, 0.3) is 0 Å². The van der Waals surface area contributed by atoms with E-state index in [-0.39, 0.29) is 6.10 Å². The maximum Gasteiger partial charge on any atom is 0.123 e. The van der Waals surface area contributed by atoms with Gasteiger partial charge in [-0.05, 0) is 31.0 Å². The Balaban J connectivity index is 2.66. The SMILES string of the molecule is CCCC(CNC(C)C)Oc1cc(Br)ccc1C. The lowest BCUT2D eigenvalue weighted by Gasteiger charge is -2.21. The second kappa shape index (κ2) is 7.80. The Kier molecular flexibility index (Phi) is 6.72. The molecule has 0 aromatic heterocycles. The summed E-state index contributed by atoms with van der Waals surface area (Å²) in [5.74, 6) is 0.980. The fraction of sp³-hybridized carbons (Fsp3) is 0.600. The van der Waals surface area contributed by atoms with Crippen molar-refractivity contribution in [1.82, 2.24) is 5.32 Å². The number of hydrogen-bond acceptors (Lipinski definition) is 2. The maximum atomic E-state index is 6.12. The van der Waals surface area contributed by atoms with Crippen LogP contribution in [0.5, 0.6) is 5.75 Å². The molecule has 1 rings (SSSR count). The van der Waals surface area contributed by atoms with Crippen molar-refractivity contribution in [2.45, 2.75) is 52.7 Å². The second-order valence-corrected chi connectivity index (χ2v) is 5.92. The second-order valence-electron chi connectivity index (χ2n) is 5.00. The summed E-state index contributed by atoms with van der Waals surface area (Å²) < 4.78 is 7.19. The molecule has 0 saturated carbocycles. The van der Waals surface area contributed by atoms with Gasteiger partial charge in [0.1, 0.15) is 11.9 Å². The number of nitrogens with one attached hydrogen (secondary N) is 1. The summed E-state index contributed by atoms with van der Waals surface area (Å²) in [6.07, 6.45) is 2.45. The van der Waals surface area contributed by atoms with Crippen LogP contribution in [0.15, 0.2) is 22.7 Å². The van der Waals surface area contributed by atoms with Gasteiger partial charge >= 0.3 is 0 Å². The minimum absolute atomic E-state index is 0.241. The van der Waals surface area contributed by atoms with Gasteiger partial charge in [-0.1, -0.05) is 49.2 Å². The van der Waals surface area contributed by atoms with Gasteiger partial charge in [0.15, 0.2) is 0 Å². The van der Waals surface area contributed by atoms with E-state index in [0.717, 1.165) is 29.6 Å². The molecule has 3 heteroatoms. The standard InChI is InChI=1S/C15H24BrNO/c1-5-6-14(10-17-11(2)3)18-15-9-13(16)8-7-12(15)4/h7-9,11,14,17H,5-6,10H2,1-4H3. The summed E-state index contributed by atoms with van der Waals surface area (Å²) in [6, 6.07) is 6.67. The van der Waals surface area contributed by atoms with Gasteiger partial charge in [-0.2, -0.15) is 0 Å². The van der Waals surface area contributed by atoms with Gasteiger partial charge in [0.2, 0.25) is 0 Å². The van der Waals surface area contributed by atoms with E-state index in [4.69, 9.17) is 4.74 Å². The molecule has 102 valence electrons. The van der Waals surface area contributed by atoms with Crippen LogP contribution in [0.2, 0.25) is 0 Å². The summed E-state index contributed by atoms with van der Waals surface area (Å²) >= 11 is 3.49. The van der Waals surface area contributed by atoms with Gasteiger partial charge in [-0.25, -0.2) is 0 Å². The van der Waals surface area contributed by atoms with Crippen LogP contribution in [-0.2, 0) is 0 Å². The Morgan fingerprint density at radius 3 is 2.67 bits per heavy atom. The minimum Gasteiger partial charge on any atom is -0.489 e. The number of hydrogen-bond donors (Lipinski definition) is 1. The molecule has 1 aromatic rings. The highest BCUT2D eigenvalue weighted by atomic mass is 79.9. The molecular formula is C15H24BrNO. The van der Waals surface area contributed by atoms with E-state index in [9.17, 15) is 0 Å². The minimum atomic E-state index is 0.241. The molecule has 1 aromatic carbocycles. The topological polar surface area (TPSA) is 21.3 Å². The fourth-order valence-corrected chi connectivity index (χ4v) is 2.11. The van der Waals surface area contributed by atoms with E-state index < -0.39 is 0 Å². The molecule has 0 amide bonds.